The number of methoxy groups -OCH3 is 2. The number of carbonyl (C=O) groups is 2. The van der Waals surface area contributed by atoms with Crippen LogP contribution in [-0.2, 0) is 9.47 Å². The second-order valence-electron chi connectivity index (χ2n) is 3.42. The normalized spacial score (nSPS) is 9.78. The van der Waals surface area contributed by atoms with Crippen molar-refractivity contribution in [3.8, 4) is 5.88 Å². The second kappa shape index (κ2) is 6.00. The van der Waals surface area contributed by atoms with Gasteiger partial charge < -0.3 is 14.2 Å². The van der Waals surface area contributed by atoms with Crippen LogP contribution in [0.2, 0.25) is 0 Å². The molecule has 0 aliphatic carbocycles. The monoisotopic (exact) mass is 253 g/mol. The lowest BCUT2D eigenvalue weighted by molar-refractivity contribution is 0.0514. The van der Waals surface area contributed by atoms with Crippen LogP contribution in [0.4, 0.5) is 0 Å². The van der Waals surface area contributed by atoms with E-state index in [4.69, 9.17) is 9.47 Å². The van der Waals surface area contributed by atoms with Gasteiger partial charge in [-0.1, -0.05) is 0 Å². The van der Waals surface area contributed by atoms with Crippen molar-refractivity contribution >= 4 is 11.9 Å². The van der Waals surface area contributed by atoms with E-state index in [1.54, 1.807) is 13.8 Å². The van der Waals surface area contributed by atoms with Gasteiger partial charge in [-0.2, -0.15) is 0 Å². The Morgan fingerprint density at radius 2 is 1.94 bits per heavy atom. The van der Waals surface area contributed by atoms with E-state index < -0.39 is 11.9 Å². The predicted octanol–water partition coefficient (Wildman–Crippen LogP) is 1.36. The first kappa shape index (κ1) is 14.0. The Morgan fingerprint density at radius 3 is 2.44 bits per heavy atom. The zero-order valence-corrected chi connectivity index (χ0v) is 10.8. The van der Waals surface area contributed by atoms with Crippen molar-refractivity contribution in [2.75, 3.05) is 20.8 Å². The number of pyridine rings is 1. The number of ether oxygens (including phenoxy) is 3. The topological polar surface area (TPSA) is 74.7 Å². The first-order chi connectivity index (χ1) is 8.54. The molecule has 0 amide bonds. The Kier molecular flexibility index (Phi) is 4.65. The van der Waals surface area contributed by atoms with Crippen LogP contribution in [-0.4, -0.2) is 37.7 Å². The highest BCUT2D eigenvalue weighted by Crippen LogP contribution is 2.22. The summed E-state index contributed by atoms with van der Waals surface area (Å²) in [6.07, 6.45) is 0. The van der Waals surface area contributed by atoms with E-state index in [0.29, 0.717) is 5.56 Å². The number of aryl methyl sites for hydroxylation is 1. The zero-order valence-electron chi connectivity index (χ0n) is 10.8. The molecule has 18 heavy (non-hydrogen) atoms. The van der Waals surface area contributed by atoms with Crippen LogP contribution < -0.4 is 4.74 Å². The van der Waals surface area contributed by atoms with Gasteiger partial charge >= 0.3 is 11.9 Å². The van der Waals surface area contributed by atoms with E-state index in [1.165, 1.54) is 20.3 Å². The van der Waals surface area contributed by atoms with Crippen LogP contribution in [0.1, 0.15) is 33.3 Å². The van der Waals surface area contributed by atoms with Gasteiger partial charge in [0.05, 0.1) is 20.8 Å². The molecule has 0 aliphatic heterocycles. The molecule has 0 saturated heterocycles. The molecule has 6 heteroatoms. The van der Waals surface area contributed by atoms with Gasteiger partial charge in [-0.3, -0.25) is 0 Å². The lowest BCUT2D eigenvalue weighted by atomic mass is 10.1. The van der Waals surface area contributed by atoms with E-state index in [9.17, 15) is 9.59 Å². The lowest BCUT2D eigenvalue weighted by Crippen LogP contribution is -2.13. The van der Waals surface area contributed by atoms with Crippen LogP contribution in [0.15, 0.2) is 6.07 Å². The maximum atomic E-state index is 11.6. The molecule has 98 valence electrons. The number of hydrogen-bond donors (Lipinski definition) is 0. The summed E-state index contributed by atoms with van der Waals surface area (Å²) in [5.41, 5.74) is 0.837. The highest BCUT2D eigenvalue weighted by molar-refractivity contribution is 5.95. The summed E-state index contributed by atoms with van der Waals surface area (Å²) < 4.78 is 14.5. The summed E-state index contributed by atoms with van der Waals surface area (Å²) in [7, 11) is 2.63. The molecular formula is C12H15NO5. The van der Waals surface area contributed by atoms with Crippen LogP contribution in [0.25, 0.3) is 0 Å². The Hall–Kier alpha value is -2.11. The second-order valence-corrected chi connectivity index (χ2v) is 3.42. The minimum atomic E-state index is -0.563. The average Bonchev–Trinajstić information content (AvgIpc) is 2.37. The molecule has 0 bridgehead atoms. The zero-order chi connectivity index (χ0) is 13.7. The van der Waals surface area contributed by atoms with Crippen LogP contribution >= 0.6 is 0 Å². The van der Waals surface area contributed by atoms with Crippen LogP contribution in [0.5, 0.6) is 5.88 Å². The van der Waals surface area contributed by atoms with Crippen LogP contribution in [0.3, 0.4) is 0 Å². The summed E-state index contributed by atoms with van der Waals surface area (Å²) in [5.74, 6) is -1.08. The molecule has 0 atom stereocenters. The first-order valence-electron chi connectivity index (χ1n) is 5.36. The molecule has 1 aromatic rings. The Morgan fingerprint density at radius 1 is 1.28 bits per heavy atom. The van der Waals surface area contributed by atoms with Crippen LogP contribution in [0, 0.1) is 6.92 Å². The van der Waals surface area contributed by atoms with Gasteiger partial charge in [0.1, 0.15) is 5.56 Å². The summed E-state index contributed by atoms with van der Waals surface area (Å²) in [5, 5.41) is 0. The fourth-order valence-electron chi connectivity index (χ4n) is 1.45. The smallest absolute Gasteiger partial charge is 0.357 e. The van der Waals surface area contributed by atoms with Gasteiger partial charge in [0.2, 0.25) is 5.88 Å². The average molecular weight is 253 g/mol. The van der Waals surface area contributed by atoms with Crippen molar-refractivity contribution in [1.82, 2.24) is 4.98 Å². The first-order valence-corrected chi connectivity index (χ1v) is 5.36. The highest BCUT2D eigenvalue weighted by atomic mass is 16.5. The lowest BCUT2D eigenvalue weighted by Gasteiger charge is -2.10. The Labute approximate surface area is 105 Å². The molecule has 0 saturated carbocycles. The van der Waals surface area contributed by atoms with Gasteiger partial charge in [0, 0.05) is 0 Å². The predicted molar refractivity (Wildman–Crippen MR) is 62.8 cm³/mol. The van der Waals surface area contributed by atoms with Gasteiger partial charge in [-0.15, -0.1) is 0 Å². The summed E-state index contributed by atoms with van der Waals surface area (Å²) in [4.78, 5) is 27.1. The molecule has 0 unspecified atom stereocenters. The van der Waals surface area contributed by atoms with Crippen molar-refractivity contribution in [2.24, 2.45) is 0 Å². The number of hydrogen-bond acceptors (Lipinski definition) is 6. The summed E-state index contributed by atoms with van der Waals surface area (Å²) in [6, 6.07) is 1.47. The SMILES string of the molecule is CCOC(=O)c1cc(C)c(C(=O)OC)c(OC)n1. The number of rotatable bonds is 4. The number of carbonyl (C=O) groups excluding carboxylic acids is 2. The van der Waals surface area contributed by atoms with Crippen molar-refractivity contribution in [3.05, 3.63) is 22.9 Å². The number of esters is 2. The quantitative estimate of drug-likeness (QED) is 0.754. The molecule has 0 N–H and O–H groups in total. The maximum absolute atomic E-state index is 11.6. The van der Waals surface area contributed by atoms with E-state index in [1.807, 2.05) is 0 Å². The van der Waals surface area contributed by atoms with E-state index >= 15 is 0 Å². The molecule has 0 radical (unpaired) electrons. The van der Waals surface area contributed by atoms with Crippen molar-refractivity contribution in [1.29, 1.82) is 0 Å². The molecule has 0 aromatic carbocycles. The number of aromatic nitrogens is 1. The number of nitrogens with zero attached hydrogens (tertiary/aromatic N) is 1. The fraction of sp³-hybridized carbons (Fsp3) is 0.417. The Balaban J connectivity index is 3.26. The Bertz CT molecular complexity index is 470. The van der Waals surface area contributed by atoms with Gasteiger partial charge in [-0.05, 0) is 25.5 Å². The summed E-state index contributed by atoms with van der Waals surface area (Å²) >= 11 is 0. The maximum Gasteiger partial charge on any atom is 0.357 e. The molecule has 6 nitrogen and oxygen atoms in total. The third kappa shape index (κ3) is 2.77. The molecule has 0 aliphatic rings. The highest BCUT2D eigenvalue weighted by Gasteiger charge is 2.21. The van der Waals surface area contributed by atoms with Crippen molar-refractivity contribution in [3.63, 3.8) is 0 Å². The van der Waals surface area contributed by atoms with E-state index in [2.05, 4.69) is 9.72 Å². The molecular weight excluding hydrogens is 238 g/mol. The standard InChI is InChI=1S/C12H15NO5/c1-5-18-11(14)8-6-7(2)9(12(15)17-4)10(13-8)16-3/h6H,5H2,1-4H3. The molecule has 0 fully saturated rings. The van der Waals surface area contributed by atoms with Crippen molar-refractivity contribution in [2.45, 2.75) is 13.8 Å². The van der Waals surface area contributed by atoms with Gasteiger partial charge in [0.15, 0.2) is 5.69 Å². The third-order valence-corrected chi connectivity index (χ3v) is 2.25. The van der Waals surface area contributed by atoms with E-state index in [0.717, 1.165) is 0 Å². The largest absolute Gasteiger partial charge is 0.480 e. The molecule has 1 rings (SSSR count). The fourth-order valence-corrected chi connectivity index (χ4v) is 1.45. The van der Waals surface area contributed by atoms with Gasteiger partial charge in [-0.25, -0.2) is 14.6 Å². The molecule has 1 heterocycles. The van der Waals surface area contributed by atoms with Gasteiger partial charge in [0.25, 0.3) is 0 Å². The minimum Gasteiger partial charge on any atom is -0.480 e. The summed E-state index contributed by atoms with van der Waals surface area (Å²) in [6.45, 7) is 3.62. The molecule has 0 spiro atoms. The molecule has 1 aromatic heterocycles. The minimum absolute atomic E-state index is 0.0462. The van der Waals surface area contributed by atoms with Crippen molar-refractivity contribution < 1.29 is 23.8 Å². The van der Waals surface area contributed by atoms with E-state index in [-0.39, 0.29) is 23.7 Å². The third-order valence-electron chi connectivity index (χ3n) is 2.25.